The van der Waals surface area contributed by atoms with Crippen molar-refractivity contribution in [1.82, 2.24) is 0 Å². The van der Waals surface area contributed by atoms with Gasteiger partial charge in [0.25, 0.3) is 10.4 Å². The molecule has 2 atom stereocenters. The van der Waals surface area contributed by atoms with Crippen molar-refractivity contribution < 1.29 is 51.5 Å². The van der Waals surface area contributed by atoms with Gasteiger partial charge in [-0.3, -0.25) is 4.79 Å². The third kappa shape index (κ3) is 3.15. The number of hydrogen-bond donors (Lipinski definition) is 0. The molecule has 5 nitrogen and oxygen atoms in total. The first-order chi connectivity index (χ1) is 11.3. The van der Waals surface area contributed by atoms with Crippen LogP contribution in [-0.4, -0.2) is 18.8 Å². The van der Waals surface area contributed by atoms with Gasteiger partial charge in [0.05, 0.1) is 0 Å². The Morgan fingerprint density at radius 3 is 2.68 bits per heavy atom. The Balaban J connectivity index is 0.00000182. The first kappa shape index (κ1) is 18.9. The van der Waals surface area contributed by atoms with Gasteiger partial charge in [0.2, 0.25) is 0 Å². The Morgan fingerprint density at radius 2 is 1.96 bits per heavy atom. The zero-order chi connectivity index (χ0) is 17.1. The summed E-state index contributed by atoms with van der Waals surface area (Å²) in [6.45, 7) is 2.08. The molecule has 2 aliphatic carbocycles. The van der Waals surface area contributed by atoms with E-state index in [9.17, 15) is 17.8 Å². The molecule has 0 radical (unpaired) electrons. The summed E-state index contributed by atoms with van der Waals surface area (Å²) in [6, 6.07) is 8.82. The third-order valence-electron chi connectivity index (χ3n) is 5.67. The van der Waals surface area contributed by atoms with E-state index in [4.69, 9.17) is 0 Å². The van der Waals surface area contributed by atoms with E-state index in [1.165, 1.54) is 17.2 Å². The van der Waals surface area contributed by atoms with Gasteiger partial charge in [-0.1, -0.05) is 25.1 Å². The second kappa shape index (κ2) is 6.35. The number of benzene rings is 2. The molecule has 0 amide bonds. The molecule has 2 aliphatic rings. The van der Waals surface area contributed by atoms with Crippen LogP contribution in [0.25, 0.3) is 10.8 Å². The quantitative estimate of drug-likeness (QED) is 0.426. The maximum atomic E-state index is 12.3. The molecular formula is C18H17NaO5S. The van der Waals surface area contributed by atoms with E-state index in [2.05, 4.69) is 11.1 Å². The molecule has 0 aliphatic heterocycles. The zero-order valence-electron chi connectivity index (χ0n) is 14.2. The summed E-state index contributed by atoms with van der Waals surface area (Å²) >= 11 is 0. The summed E-state index contributed by atoms with van der Waals surface area (Å²) in [5.74, 6) is 0.646. The van der Waals surface area contributed by atoms with Crippen molar-refractivity contribution in [3.63, 3.8) is 0 Å². The van der Waals surface area contributed by atoms with Crippen molar-refractivity contribution in [3.8, 4) is 5.75 Å². The largest absolute Gasteiger partial charge is 1.00 e. The molecule has 126 valence electrons. The molecule has 7 heteroatoms. The van der Waals surface area contributed by atoms with E-state index < -0.39 is 10.4 Å². The van der Waals surface area contributed by atoms with Gasteiger partial charge in [-0.2, -0.15) is 0 Å². The van der Waals surface area contributed by atoms with Crippen molar-refractivity contribution in [2.45, 2.75) is 38.5 Å². The molecular weight excluding hydrogens is 351 g/mol. The average Bonchev–Trinajstić information content (AvgIpc) is 2.81. The smallest absolute Gasteiger partial charge is 0.716 e. The van der Waals surface area contributed by atoms with Gasteiger partial charge in [-0.25, -0.2) is 8.42 Å². The van der Waals surface area contributed by atoms with Crippen LogP contribution < -0.4 is 33.7 Å². The number of ketones is 1. The van der Waals surface area contributed by atoms with Gasteiger partial charge < -0.3 is 8.74 Å². The van der Waals surface area contributed by atoms with E-state index in [0.29, 0.717) is 12.2 Å². The zero-order valence-corrected chi connectivity index (χ0v) is 17.1. The van der Waals surface area contributed by atoms with Gasteiger partial charge >= 0.3 is 29.6 Å². The summed E-state index contributed by atoms with van der Waals surface area (Å²) in [5, 5.41) is 1.87. The first-order valence-electron chi connectivity index (χ1n) is 8.02. The maximum absolute atomic E-state index is 12.3. The normalized spacial score (nSPS) is 25.2. The number of carbonyl (C=O) groups excluding carboxylic acids is 1. The van der Waals surface area contributed by atoms with Gasteiger partial charge in [0.15, 0.2) is 0 Å². The molecule has 0 saturated heterocycles. The SMILES string of the molecule is CC12CCc3c(ccc4cc(OS(=O)(=O)[O-])ccc34)C1CCC2=O.[Na+]. The molecule has 25 heavy (non-hydrogen) atoms. The van der Waals surface area contributed by atoms with Crippen LogP contribution in [0.15, 0.2) is 30.3 Å². The van der Waals surface area contributed by atoms with Gasteiger partial charge in [-0.15, -0.1) is 0 Å². The molecule has 2 aromatic rings. The van der Waals surface area contributed by atoms with Crippen LogP contribution in [0, 0.1) is 5.41 Å². The van der Waals surface area contributed by atoms with E-state index in [1.807, 2.05) is 12.1 Å². The molecule has 0 aromatic heterocycles. The number of fused-ring (bicyclic) bond motifs is 5. The van der Waals surface area contributed by atoms with Gasteiger partial charge in [0, 0.05) is 11.8 Å². The Bertz CT molecular complexity index is 969. The van der Waals surface area contributed by atoms with Gasteiger partial charge in [-0.05, 0) is 59.2 Å². The Morgan fingerprint density at radius 1 is 1.20 bits per heavy atom. The fourth-order valence-electron chi connectivity index (χ4n) is 4.44. The fourth-order valence-corrected chi connectivity index (χ4v) is 4.77. The topological polar surface area (TPSA) is 83.5 Å². The summed E-state index contributed by atoms with van der Waals surface area (Å²) in [7, 11) is -4.78. The Labute approximate surface area is 169 Å². The van der Waals surface area contributed by atoms with E-state index in [1.54, 1.807) is 12.1 Å². The maximum Gasteiger partial charge on any atom is 1.00 e. The van der Waals surface area contributed by atoms with Crippen molar-refractivity contribution in [3.05, 3.63) is 41.5 Å². The third-order valence-corrected chi connectivity index (χ3v) is 6.07. The minimum absolute atomic E-state index is 0. The number of carbonyl (C=O) groups is 1. The number of hydrogen-bond acceptors (Lipinski definition) is 5. The van der Waals surface area contributed by atoms with Crippen LogP contribution in [0.2, 0.25) is 0 Å². The average molecular weight is 368 g/mol. The van der Waals surface area contributed by atoms with E-state index >= 15 is 0 Å². The molecule has 0 bridgehead atoms. The predicted molar refractivity (Wildman–Crippen MR) is 87.7 cm³/mol. The Kier molecular flexibility index (Phi) is 4.79. The van der Waals surface area contributed by atoms with Crippen molar-refractivity contribution in [2.75, 3.05) is 0 Å². The van der Waals surface area contributed by atoms with Crippen LogP contribution in [0.4, 0.5) is 0 Å². The standard InChI is InChI=1S/C18H18O5S.Na/c1-18-9-8-14-13-5-3-12(23-24(20,21)22)10-11(13)2-4-15(14)16(18)6-7-17(18)19;/h2-5,10,16H,6-9H2,1H3,(H,20,21,22);/q;+1/p-1. The summed E-state index contributed by atoms with van der Waals surface area (Å²) < 4.78 is 36.7. The Hall–Kier alpha value is -0.920. The summed E-state index contributed by atoms with van der Waals surface area (Å²) in [4.78, 5) is 12.3. The molecule has 0 heterocycles. The van der Waals surface area contributed by atoms with Crippen molar-refractivity contribution in [1.29, 1.82) is 0 Å². The van der Waals surface area contributed by atoms with E-state index in [-0.39, 0.29) is 46.6 Å². The van der Waals surface area contributed by atoms with Crippen LogP contribution in [0.1, 0.15) is 43.2 Å². The number of aryl methyl sites for hydroxylation is 1. The van der Waals surface area contributed by atoms with Crippen molar-refractivity contribution in [2.24, 2.45) is 5.41 Å². The summed E-state index contributed by atoms with van der Waals surface area (Å²) in [6.07, 6.45) is 3.21. The molecule has 4 rings (SSSR count). The second-order valence-corrected chi connectivity index (χ2v) is 7.92. The minimum Gasteiger partial charge on any atom is -0.716 e. The molecule has 2 unspecified atom stereocenters. The molecule has 2 aromatic carbocycles. The molecule has 1 fully saturated rings. The molecule has 0 spiro atoms. The van der Waals surface area contributed by atoms with E-state index in [0.717, 1.165) is 30.0 Å². The summed E-state index contributed by atoms with van der Waals surface area (Å²) in [5.41, 5.74) is 2.20. The van der Waals surface area contributed by atoms with Crippen LogP contribution in [0.3, 0.4) is 0 Å². The van der Waals surface area contributed by atoms with Crippen LogP contribution >= 0.6 is 0 Å². The van der Waals surface area contributed by atoms with Crippen LogP contribution in [-0.2, 0) is 21.6 Å². The number of rotatable bonds is 2. The predicted octanol–water partition coefficient (Wildman–Crippen LogP) is 0.0818. The monoisotopic (exact) mass is 368 g/mol. The van der Waals surface area contributed by atoms with Crippen LogP contribution in [0.5, 0.6) is 5.75 Å². The molecule has 1 saturated carbocycles. The second-order valence-electron chi connectivity index (χ2n) is 6.94. The molecule has 0 N–H and O–H groups in total. The van der Waals surface area contributed by atoms with Crippen molar-refractivity contribution >= 4 is 27.0 Å². The fraction of sp³-hybridized carbons (Fsp3) is 0.389. The first-order valence-corrected chi connectivity index (χ1v) is 9.35. The minimum atomic E-state index is -4.78. The van der Waals surface area contributed by atoms with Gasteiger partial charge in [0.1, 0.15) is 11.5 Å². The number of Topliss-reactive ketones (excluding diaryl/α,β-unsaturated/α-hetero) is 1.